The van der Waals surface area contributed by atoms with Crippen LogP contribution in [0.1, 0.15) is 22.3 Å². The first-order valence-corrected chi connectivity index (χ1v) is 32.4. The van der Waals surface area contributed by atoms with Crippen molar-refractivity contribution in [2.45, 2.75) is 5.41 Å². The van der Waals surface area contributed by atoms with E-state index >= 15 is 0 Å². The van der Waals surface area contributed by atoms with Gasteiger partial charge in [0.15, 0.2) is 0 Å². The number of para-hydroxylation sites is 4. The van der Waals surface area contributed by atoms with E-state index in [0.717, 1.165) is 112 Å². The summed E-state index contributed by atoms with van der Waals surface area (Å²) in [5.41, 5.74) is 30.9. The van der Waals surface area contributed by atoms with Gasteiger partial charge in [0.25, 0.3) is 0 Å². The van der Waals surface area contributed by atoms with Crippen LogP contribution in [-0.4, -0.2) is 0 Å². The van der Waals surface area contributed by atoms with Gasteiger partial charge in [-0.3, -0.25) is 0 Å². The monoisotopic (exact) mass is 1200 g/mol. The van der Waals surface area contributed by atoms with Crippen molar-refractivity contribution in [2.24, 2.45) is 0 Å². The van der Waals surface area contributed by atoms with Gasteiger partial charge in [-0.1, -0.05) is 297 Å². The lowest BCUT2D eigenvalue weighted by Gasteiger charge is -2.33. The zero-order valence-electron chi connectivity index (χ0n) is 51.4. The molecule has 1 unspecified atom stereocenters. The molecule has 0 saturated carbocycles. The van der Waals surface area contributed by atoms with Crippen molar-refractivity contribution in [3.05, 3.63) is 386 Å². The summed E-state index contributed by atoms with van der Waals surface area (Å²) in [6.45, 7) is 0. The minimum atomic E-state index is -0.658. The number of nitrogens with zero attached hydrogens (tertiary/aromatic N) is 2. The summed E-state index contributed by atoms with van der Waals surface area (Å²) in [6.07, 6.45) is 0. The maximum absolute atomic E-state index is 6.84. The summed E-state index contributed by atoms with van der Waals surface area (Å²) in [7, 11) is 0. The zero-order valence-corrected chi connectivity index (χ0v) is 51.4. The molecule has 15 aromatic carbocycles. The molecule has 0 amide bonds. The lowest BCUT2D eigenvalue weighted by atomic mass is 9.70. The Morgan fingerprint density at radius 3 is 1.20 bits per heavy atom. The predicted molar refractivity (Wildman–Crippen MR) is 392 cm³/mol. The fourth-order valence-corrected chi connectivity index (χ4v) is 15.4. The molecule has 0 N–H and O–H groups in total. The third-order valence-electron chi connectivity index (χ3n) is 19.5. The number of furan rings is 1. The molecular formula is C91H60N2O. The molecule has 1 atom stereocenters. The van der Waals surface area contributed by atoms with Crippen molar-refractivity contribution in [2.75, 3.05) is 9.80 Å². The molecule has 0 radical (unpaired) electrons. The maximum Gasteiger partial charge on any atom is 0.143 e. The highest BCUT2D eigenvalue weighted by Gasteiger charge is 2.52. The molecule has 0 aliphatic heterocycles. The highest BCUT2D eigenvalue weighted by molar-refractivity contribution is 6.12. The molecule has 1 spiro atoms. The number of rotatable bonds is 12. The fourth-order valence-electron chi connectivity index (χ4n) is 15.4. The van der Waals surface area contributed by atoms with Crippen LogP contribution in [0.2, 0.25) is 0 Å². The lowest BCUT2D eigenvalue weighted by Crippen LogP contribution is -2.25. The van der Waals surface area contributed by atoms with Gasteiger partial charge >= 0.3 is 0 Å². The molecule has 18 rings (SSSR count). The lowest BCUT2D eigenvalue weighted by molar-refractivity contribution is 0.670. The Balaban J connectivity index is 0.904. The quantitative estimate of drug-likeness (QED) is 0.122. The standard InChI is InChI=1S/C91H60N2O/c1-5-25-61(26-6-1)63-47-52-69(53-48-63)92(86-44-20-15-33-73(86)65-29-9-3-10-30-65)71-57-68(58-72(60-71)93(70-54-49-64(50-55-70)62-27-7-2-8-28-62)87-45-21-16-34-74(87)66-31-11-4-12-32-66)67-51-56-76-75-35-13-18-41-82(75)91(85(76)59-67)83-42-19-14-37-81(83)89-78(38-24-43-84(89)91)80-40-23-39-79-77-36-17-22-46-88(77)94-90(79)80/h1-60H. The second-order valence-corrected chi connectivity index (χ2v) is 24.6. The SMILES string of the molecule is c1ccc(-c2ccc(N(c3cc(-c4ccc5c(c4)C4(c6ccccc6-5)c5ccccc5-c5c(-c6cccc7c6oc6ccccc67)cccc54)cc(N(c4ccc(-c5ccccc5)cc4)c4ccccc4-c4ccccc4)c3)c3ccccc3-c3ccccc3)cc2)cc1. The normalized spacial score (nSPS) is 13.4. The Morgan fingerprint density at radius 1 is 0.213 bits per heavy atom. The molecule has 3 heteroatoms. The number of benzene rings is 15. The molecule has 440 valence electrons. The molecule has 2 aliphatic carbocycles. The topological polar surface area (TPSA) is 19.6 Å². The van der Waals surface area contributed by atoms with E-state index in [-0.39, 0.29) is 0 Å². The largest absolute Gasteiger partial charge is 0.455 e. The smallest absolute Gasteiger partial charge is 0.143 e. The van der Waals surface area contributed by atoms with Gasteiger partial charge in [0.05, 0.1) is 16.8 Å². The van der Waals surface area contributed by atoms with E-state index in [0.29, 0.717) is 0 Å². The first kappa shape index (κ1) is 54.6. The van der Waals surface area contributed by atoms with E-state index in [1.807, 2.05) is 0 Å². The van der Waals surface area contributed by atoms with Crippen molar-refractivity contribution in [1.82, 2.24) is 0 Å². The van der Waals surface area contributed by atoms with Crippen LogP contribution >= 0.6 is 0 Å². The van der Waals surface area contributed by atoms with Crippen LogP contribution < -0.4 is 9.80 Å². The van der Waals surface area contributed by atoms with Gasteiger partial charge in [0.2, 0.25) is 0 Å². The third-order valence-corrected chi connectivity index (χ3v) is 19.5. The average molecular weight is 1200 g/mol. The molecule has 3 nitrogen and oxygen atoms in total. The molecule has 1 heterocycles. The van der Waals surface area contributed by atoms with Crippen molar-refractivity contribution < 1.29 is 4.42 Å². The summed E-state index contributed by atoms with van der Waals surface area (Å²) in [5.74, 6) is 0. The fraction of sp³-hybridized carbons (Fsp3) is 0.0110. The summed E-state index contributed by atoms with van der Waals surface area (Å²) < 4.78 is 6.84. The highest BCUT2D eigenvalue weighted by atomic mass is 16.3. The molecule has 0 fully saturated rings. The zero-order chi connectivity index (χ0) is 62.1. The Kier molecular flexibility index (Phi) is 13.1. The van der Waals surface area contributed by atoms with Crippen molar-refractivity contribution >= 4 is 56.1 Å². The third kappa shape index (κ3) is 8.89. The molecule has 94 heavy (non-hydrogen) atoms. The van der Waals surface area contributed by atoms with Crippen LogP contribution in [0.3, 0.4) is 0 Å². The average Bonchev–Trinajstić information content (AvgIpc) is 1.50. The van der Waals surface area contributed by atoms with Crippen LogP contribution in [0.15, 0.2) is 368 Å². The molecule has 0 saturated heterocycles. The highest BCUT2D eigenvalue weighted by Crippen LogP contribution is 2.65. The van der Waals surface area contributed by atoms with Gasteiger partial charge in [-0.05, 0) is 161 Å². The van der Waals surface area contributed by atoms with E-state index in [1.165, 1.54) is 55.6 Å². The molecule has 16 aromatic rings. The van der Waals surface area contributed by atoms with E-state index in [9.17, 15) is 0 Å². The number of hydrogen-bond donors (Lipinski definition) is 0. The van der Waals surface area contributed by atoms with Crippen molar-refractivity contribution in [3.63, 3.8) is 0 Å². The second kappa shape index (κ2) is 22.6. The van der Waals surface area contributed by atoms with Crippen LogP contribution in [0.25, 0.3) is 111 Å². The summed E-state index contributed by atoms with van der Waals surface area (Å²) >= 11 is 0. The summed E-state index contributed by atoms with van der Waals surface area (Å²) in [6, 6.07) is 134. The van der Waals surface area contributed by atoms with Crippen LogP contribution in [0.4, 0.5) is 34.1 Å². The Bertz CT molecular complexity index is 5350. The van der Waals surface area contributed by atoms with Crippen molar-refractivity contribution in [3.8, 4) is 89.0 Å². The van der Waals surface area contributed by atoms with Gasteiger partial charge in [-0.15, -0.1) is 0 Å². The van der Waals surface area contributed by atoms with Crippen molar-refractivity contribution in [1.29, 1.82) is 0 Å². The van der Waals surface area contributed by atoms with Gasteiger partial charge in [0, 0.05) is 50.2 Å². The Hall–Kier alpha value is -12.3. The van der Waals surface area contributed by atoms with Gasteiger partial charge in [-0.25, -0.2) is 0 Å². The molecular weight excluding hydrogens is 1140 g/mol. The van der Waals surface area contributed by atoms with Gasteiger partial charge < -0.3 is 14.2 Å². The Labute approximate surface area is 547 Å². The molecule has 0 bridgehead atoms. The van der Waals surface area contributed by atoms with E-state index in [1.54, 1.807) is 0 Å². The van der Waals surface area contributed by atoms with Crippen LogP contribution in [0, 0.1) is 0 Å². The number of anilines is 6. The van der Waals surface area contributed by atoms with E-state index in [4.69, 9.17) is 4.42 Å². The van der Waals surface area contributed by atoms with E-state index in [2.05, 4.69) is 374 Å². The van der Waals surface area contributed by atoms with Crippen LogP contribution in [0.5, 0.6) is 0 Å². The maximum atomic E-state index is 6.84. The molecule has 1 aromatic heterocycles. The number of hydrogen-bond acceptors (Lipinski definition) is 3. The Morgan fingerprint density at radius 2 is 0.617 bits per heavy atom. The first-order chi connectivity index (χ1) is 46.6. The second-order valence-electron chi connectivity index (χ2n) is 24.6. The summed E-state index contributed by atoms with van der Waals surface area (Å²) in [5, 5.41) is 2.24. The van der Waals surface area contributed by atoms with E-state index < -0.39 is 5.41 Å². The molecule has 2 aliphatic rings. The van der Waals surface area contributed by atoms with Gasteiger partial charge in [0.1, 0.15) is 11.2 Å². The predicted octanol–water partition coefficient (Wildman–Crippen LogP) is 24.9. The first-order valence-electron chi connectivity index (χ1n) is 32.4. The minimum absolute atomic E-state index is 0.658. The van der Waals surface area contributed by atoms with Gasteiger partial charge in [-0.2, -0.15) is 0 Å². The number of fused-ring (bicyclic) bond motifs is 13. The summed E-state index contributed by atoms with van der Waals surface area (Å²) in [4.78, 5) is 4.95. The van der Waals surface area contributed by atoms with Crippen LogP contribution in [-0.2, 0) is 5.41 Å². The minimum Gasteiger partial charge on any atom is -0.455 e.